The van der Waals surface area contributed by atoms with Gasteiger partial charge >= 0.3 is 5.97 Å². The molecule has 0 aliphatic carbocycles. The third kappa shape index (κ3) is 3.14. The van der Waals surface area contributed by atoms with E-state index in [0.717, 1.165) is 20.8 Å². The number of para-hydroxylation sites is 1. The Morgan fingerprint density at radius 2 is 2.10 bits per heavy atom. The number of hydrogen-bond donors (Lipinski definition) is 1. The lowest BCUT2D eigenvalue weighted by molar-refractivity contribution is -0.135. The fraction of sp³-hybridized carbons (Fsp3) is 0.0625. The summed E-state index contributed by atoms with van der Waals surface area (Å²) in [5.41, 5.74) is 2.45. The summed E-state index contributed by atoms with van der Waals surface area (Å²) in [5, 5.41) is 9.86. The fourth-order valence-corrected chi connectivity index (χ4v) is 3.00. The summed E-state index contributed by atoms with van der Waals surface area (Å²) in [6, 6.07) is 11.5. The van der Waals surface area contributed by atoms with Gasteiger partial charge in [-0.2, -0.15) is 0 Å². The Morgan fingerprint density at radius 1 is 1.24 bits per heavy atom. The molecule has 3 rings (SSSR count). The number of rotatable bonds is 4. The predicted molar refractivity (Wildman–Crippen MR) is 84.0 cm³/mol. The second kappa shape index (κ2) is 5.85. The molecule has 0 atom stereocenters. The smallest absolute Gasteiger partial charge is 0.307 e. The zero-order valence-electron chi connectivity index (χ0n) is 11.1. The second-order valence-electron chi connectivity index (χ2n) is 4.51. The van der Waals surface area contributed by atoms with E-state index in [1.807, 2.05) is 42.5 Å². The second-order valence-corrected chi connectivity index (χ2v) is 5.54. The summed E-state index contributed by atoms with van der Waals surface area (Å²) in [7, 11) is 0. The highest BCUT2D eigenvalue weighted by Gasteiger charge is 2.12. The molecule has 0 aliphatic rings. The Morgan fingerprint density at radius 3 is 2.81 bits per heavy atom. The van der Waals surface area contributed by atoms with Crippen LogP contribution in [0.2, 0.25) is 0 Å². The van der Waals surface area contributed by atoms with Crippen molar-refractivity contribution in [3.05, 3.63) is 59.4 Å². The van der Waals surface area contributed by atoms with Gasteiger partial charge in [0.1, 0.15) is 5.01 Å². The Hall–Kier alpha value is -2.53. The highest BCUT2D eigenvalue weighted by atomic mass is 32.1. The molecule has 21 heavy (non-hydrogen) atoms. The number of pyridine rings is 1. The number of fused-ring (bicyclic) bond motifs is 1. The molecular formula is C16H12N2O2S. The largest absolute Gasteiger partial charge is 0.481 e. The van der Waals surface area contributed by atoms with E-state index in [1.165, 1.54) is 11.3 Å². The highest BCUT2D eigenvalue weighted by Crippen LogP contribution is 2.30. The number of nitrogens with zero attached hydrogens (tertiary/aromatic N) is 2. The molecule has 4 nitrogen and oxygen atoms in total. The van der Waals surface area contributed by atoms with E-state index in [0.29, 0.717) is 5.57 Å². The van der Waals surface area contributed by atoms with Gasteiger partial charge in [0.15, 0.2) is 0 Å². The quantitative estimate of drug-likeness (QED) is 0.797. The van der Waals surface area contributed by atoms with Crippen molar-refractivity contribution in [1.29, 1.82) is 0 Å². The van der Waals surface area contributed by atoms with Crippen molar-refractivity contribution >= 4 is 39.2 Å². The first kappa shape index (κ1) is 13.5. The van der Waals surface area contributed by atoms with Crippen LogP contribution in [-0.4, -0.2) is 21.0 Å². The monoisotopic (exact) mass is 296 g/mol. The van der Waals surface area contributed by atoms with Crippen LogP contribution in [0.5, 0.6) is 0 Å². The maximum atomic E-state index is 11.1. The van der Waals surface area contributed by atoms with Crippen LogP contribution in [0.25, 0.3) is 21.9 Å². The van der Waals surface area contributed by atoms with Gasteiger partial charge in [0.25, 0.3) is 0 Å². The van der Waals surface area contributed by atoms with E-state index >= 15 is 0 Å². The molecule has 5 heteroatoms. The Labute approximate surface area is 125 Å². The van der Waals surface area contributed by atoms with E-state index in [4.69, 9.17) is 5.11 Å². The minimum Gasteiger partial charge on any atom is -0.481 e. The molecule has 0 saturated carbocycles. The van der Waals surface area contributed by atoms with Crippen LogP contribution in [-0.2, 0) is 4.79 Å². The fourth-order valence-electron chi connectivity index (χ4n) is 2.02. The Bertz CT molecular complexity index is 776. The molecular weight excluding hydrogens is 284 g/mol. The van der Waals surface area contributed by atoms with Crippen molar-refractivity contribution in [2.24, 2.45) is 0 Å². The standard InChI is InChI=1S/C16H12N2O2S/c19-15(20)9-12(8-11-4-3-7-17-10-11)16-18-13-5-1-2-6-14(13)21-16/h1-8,10H,9H2,(H,19,20)/b12-8+. The van der Waals surface area contributed by atoms with Gasteiger partial charge in [-0.25, -0.2) is 4.98 Å². The molecule has 3 aromatic rings. The molecule has 0 aliphatic heterocycles. The van der Waals surface area contributed by atoms with Crippen molar-refractivity contribution in [3.8, 4) is 0 Å². The zero-order chi connectivity index (χ0) is 14.7. The van der Waals surface area contributed by atoms with E-state index in [-0.39, 0.29) is 6.42 Å². The highest BCUT2D eigenvalue weighted by molar-refractivity contribution is 7.19. The maximum Gasteiger partial charge on any atom is 0.307 e. The molecule has 0 spiro atoms. The molecule has 104 valence electrons. The van der Waals surface area contributed by atoms with Crippen molar-refractivity contribution in [2.45, 2.75) is 6.42 Å². The summed E-state index contributed by atoms with van der Waals surface area (Å²) in [6.45, 7) is 0. The normalized spacial score (nSPS) is 11.7. The molecule has 0 radical (unpaired) electrons. The Balaban J connectivity index is 2.06. The van der Waals surface area contributed by atoms with Crippen LogP contribution in [0, 0.1) is 0 Å². The van der Waals surface area contributed by atoms with Gasteiger partial charge in [-0.15, -0.1) is 11.3 Å². The number of carboxylic acids is 1. The third-order valence-electron chi connectivity index (χ3n) is 2.94. The minimum atomic E-state index is -0.871. The molecule has 2 heterocycles. The lowest BCUT2D eigenvalue weighted by Gasteiger charge is -2.01. The van der Waals surface area contributed by atoms with Gasteiger partial charge in [0, 0.05) is 12.4 Å². The molecule has 1 N–H and O–H groups in total. The van der Waals surface area contributed by atoms with Crippen LogP contribution >= 0.6 is 11.3 Å². The first-order valence-electron chi connectivity index (χ1n) is 6.41. The number of carboxylic acid groups (broad SMARTS) is 1. The Kier molecular flexibility index (Phi) is 3.75. The third-order valence-corrected chi connectivity index (χ3v) is 4.05. The summed E-state index contributed by atoms with van der Waals surface area (Å²) < 4.78 is 1.05. The van der Waals surface area contributed by atoms with Crippen LogP contribution in [0.4, 0.5) is 0 Å². The average Bonchev–Trinajstić information content (AvgIpc) is 2.91. The van der Waals surface area contributed by atoms with E-state index in [2.05, 4.69) is 9.97 Å². The number of benzene rings is 1. The zero-order valence-corrected chi connectivity index (χ0v) is 11.9. The summed E-state index contributed by atoms with van der Waals surface area (Å²) in [4.78, 5) is 19.7. The first-order valence-corrected chi connectivity index (χ1v) is 7.22. The molecule has 0 bridgehead atoms. The molecule has 0 unspecified atom stereocenters. The topological polar surface area (TPSA) is 63.1 Å². The number of thiazole rings is 1. The summed E-state index contributed by atoms with van der Waals surface area (Å²) in [5.74, 6) is -0.871. The van der Waals surface area contributed by atoms with Crippen LogP contribution < -0.4 is 0 Å². The SMILES string of the molecule is O=C(O)C/C(=C\c1cccnc1)c1nc2ccccc2s1. The van der Waals surface area contributed by atoms with Gasteiger partial charge in [0.05, 0.1) is 16.6 Å². The maximum absolute atomic E-state index is 11.1. The van der Waals surface area contributed by atoms with Crippen LogP contribution in [0.15, 0.2) is 48.8 Å². The van der Waals surface area contributed by atoms with Crippen LogP contribution in [0.3, 0.4) is 0 Å². The molecule has 0 saturated heterocycles. The lowest BCUT2D eigenvalue weighted by atomic mass is 10.1. The van der Waals surface area contributed by atoms with E-state index in [9.17, 15) is 4.79 Å². The van der Waals surface area contributed by atoms with E-state index in [1.54, 1.807) is 12.4 Å². The van der Waals surface area contributed by atoms with Crippen molar-refractivity contribution in [3.63, 3.8) is 0 Å². The lowest BCUT2D eigenvalue weighted by Crippen LogP contribution is -1.97. The molecule has 2 aromatic heterocycles. The number of aromatic nitrogens is 2. The molecule has 1 aromatic carbocycles. The number of hydrogen-bond acceptors (Lipinski definition) is 4. The summed E-state index contributed by atoms with van der Waals surface area (Å²) >= 11 is 1.50. The van der Waals surface area contributed by atoms with Crippen molar-refractivity contribution < 1.29 is 9.90 Å². The number of carbonyl (C=O) groups is 1. The number of aliphatic carboxylic acids is 1. The van der Waals surface area contributed by atoms with Gasteiger partial charge in [-0.05, 0) is 35.4 Å². The van der Waals surface area contributed by atoms with E-state index < -0.39 is 5.97 Å². The van der Waals surface area contributed by atoms with Gasteiger partial charge in [-0.3, -0.25) is 9.78 Å². The van der Waals surface area contributed by atoms with Gasteiger partial charge < -0.3 is 5.11 Å². The predicted octanol–water partition coefficient (Wildman–Crippen LogP) is 3.71. The molecule has 0 fully saturated rings. The average molecular weight is 296 g/mol. The minimum absolute atomic E-state index is 0.0608. The van der Waals surface area contributed by atoms with Crippen molar-refractivity contribution in [2.75, 3.05) is 0 Å². The van der Waals surface area contributed by atoms with Crippen LogP contribution in [0.1, 0.15) is 17.0 Å². The first-order chi connectivity index (χ1) is 10.2. The summed E-state index contributed by atoms with van der Waals surface area (Å²) in [6.07, 6.45) is 5.16. The van der Waals surface area contributed by atoms with Crippen molar-refractivity contribution in [1.82, 2.24) is 9.97 Å². The van der Waals surface area contributed by atoms with Gasteiger partial charge in [-0.1, -0.05) is 18.2 Å². The molecule has 0 amide bonds. The van der Waals surface area contributed by atoms with Gasteiger partial charge in [0.2, 0.25) is 0 Å².